The first-order valence-electron chi connectivity index (χ1n) is 7.41. The van der Waals surface area contributed by atoms with E-state index in [0.29, 0.717) is 13.2 Å². The average molecular weight is 373 g/mol. The van der Waals surface area contributed by atoms with E-state index >= 15 is 0 Å². The minimum absolute atomic E-state index is 0.0554. The number of nitrogens with zero attached hydrogens (tertiary/aromatic N) is 2. The number of urea groups is 1. The fourth-order valence-corrected chi connectivity index (χ4v) is 3.31. The Morgan fingerprint density at radius 1 is 1.17 bits per heavy atom. The molecule has 0 saturated carbocycles. The molecule has 0 spiro atoms. The first-order chi connectivity index (χ1) is 10.7. The number of aliphatic hydroxyl groups excluding tert-OH is 1. The summed E-state index contributed by atoms with van der Waals surface area (Å²) in [5, 5.41) is 8.51. The zero-order valence-corrected chi connectivity index (χ0v) is 15.1. The lowest BCUT2D eigenvalue weighted by molar-refractivity contribution is 0.0375. The molecule has 8 nitrogen and oxygen atoms in total. The van der Waals surface area contributed by atoms with Crippen molar-refractivity contribution in [2.75, 3.05) is 57.6 Å². The van der Waals surface area contributed by atoms with Crippen molar-refractivity contribution in [3.63, 3.8) is 0 Å². The summed E-state index contributed by atoms with van der Waals surface area (Å²) in [5.41, 5.74) is -0.514. The lowest BCUT2D eigenvalue weighted by atomic mass is 10.1. The summed E-state index contributed by atoms with van der Waals surface area (Å²) in [7, 11) is -3.31. The quantitative estimate of drug-likeness (QED) is 0.408. The van der Waals surface area contributed by atoms with Crippen LogP contribution in [0.5, 0.6) is 0 Å². The van der Waals surface area contributed by atoms with Gasteiger partial charge in [0.25, 0.3) is 0 Å². The van der Waals surface area contributed by atoms with Crippen LogP contribution in [0.1, 0.15) is 13.8 Å². The predicted octanol–water partition coefficient (Wildman–Crippen LogP) is 0.0967. The molecule has 136 valence electrons. The molecule has 1 aliphatic heterocycles. The third kappa shape index (κ3) is 6.80. The molecule has 0 aromatic rings. The molecule has 1 rings (SSSR count). The van der Waals surface area contributed by atoms with Gasteiger partial charge in [-0.3, -0.25) is 0 Å². The van der Waals surface area contributed by atoms with Crippen molar-refractivity contribution >= 4 is 27.6 Å². The van der Waals surface area contributed by atoms with E-state index < -0.39 is 15.4 Å². The van der Waals surface area contributed by atoms with Crippen molar-refractivity contribution in [3.05, 3.63) is 0 Å². The SMILES string of the molecule is CC1(C)CN(CCS(=O)(=O)CCOCCOCCO)C(=O)N1Cl. The average Bonchev–Trinajstić information content (AvgIpc) is 2.67. The Morgan fingerprint density at radius 3 is 2.30 bits per heavy atom. The number of rotatable bonds is 11. The molecule has 0 bridgehead atoms. The number of carbonyl (C=O) groups excluding carboxylic acids is 1. The normalized spacial score (nSPS) is 18.0. The van der Waals surface area contributed by atoms with Crippen LogP contribution in [0.4, 0.5) is 4.79 Å². The summed E-state index contributed by atoms with van der Waals surface area (Å²) in [6.07, 6.45) is 0. The van der Waals surface area contributed by atoms with E-state index in [1.165, 1.54) is 4.90 Å². The van der Waals surface area contributed by atoms with Crippen molar-refractivity contribution in [2.24, 2.45) is 0 Å². The van der Waals surface area contributed by atoms with E-state index in [1.54, 1.807) is 0 Å². The third-order valence-corrected chi connectivity index (χ3v) is 5.56. The third-order valence-electron chi connectivity index (χ3n) is 3.37. The molecule has 1 N–H and O–H groups in total. The fraction of sp³-hybridized carbons (Fsp3) is 0.923. The second-order valence-electron chi connectivity index (χ2n) is 5.90. The number of ether oxygens (including phenoxy) is 2. The number of aliphatic hydroxyl groups is 1. The standard InChI is InChI=1S/C13H25ClN2O6S/c1-13(2)11-15(12(18)16(13)14)3-9-23(19,20)10-8-22-7-6-21-5-4-17/h17H,3-11H2,1-2H3. The van der Waals surface area contributed by atoms with E-state index in [-0.39, 0.29) is 50.5 Å². The van der Waals surface area contributed by atoms with Crippen molar-refractivity contribution in [2.45, 2.75) is 19.4 Å². The summed E-state index contributed by atoms with van der Waals surface area (Å²) in [6.45, 7) is 4.99. The highest BCUT2D eigenvalue weighted by Gasteiger charge is 2.42. The van der Waals surface area contributed by atoms with E-state index in [9.17, 15) is 13.2 Å². The highest BCUT2D eigenvalue weighted by atomic mass is 35.5. The van der Waals surface area contributed by atoms with Crippen LogP contribution in [0.25, 0.3) is 0 Å². The molecule has 1 aliphatic rings. The Bertz CT molecular complexity index is 485. The minimum atomic E-state index is -3.31. The Hall–Kier alpha value is -0.610. The lowest BCUT2D eigenvalue weighted by Crippen LogP contribution is -2.34. The van der Waals surface area contributed by atoms with Gasteiger partial charge >= 0.3 is 6.03 Å². The molecule has 10 heteroatoms. The number of carbonyl (C=O) groups is 1. The van der Waals surface area contributed by atoms with Gasteiger partial charge in [-0.15, -0.1) is 0 Å². The largest absolute Gasteiger partial charge is 0.394 e. The van der Waals surface area contributed by atoms with Crippen LogP contribution in [-0.2, 0) is 19.3 Å². The Labute approximate surface area is 142 Å². The minimum Gasteiger partial charge on any atom is -0.394 e. The van der Waals surface area contributed by atoms with Gasteiger partial charge in [0.15, 0.2) is 9.84 Å². The molecule has 0 radical (unpaired) electrons. The van der Waals surface area contributed by atoms with E-state index in [4.69, 9.17) is 26.4 Å². The number of sulfone groups is 1. The van der Waals surface area contributed by atoms with Crippen molar-refractivity contribution in [3.8, 4) is 0 Å². The Balaban J connectivity index is 2.24. The second kappa shape index (κ2) is 9.03. The highest BCUT2D eigenvalue weighted by molar-refractivity contribution is 7.91. The second-order valence-corrected chi connectivity index (χ2v) is 8.54. The summed E-state index contributed by atoms with van der Waals surface area (Å²) in [4.78, 5) is 13.3. The summed E-state index contributed by atoms with van der Waals surface area (Å²) < 4.78 is 35.1. The molecule has 2 amide bonds. The topological polar surface area (TPSA) is 96.4 Å². The van der Waals surface area contributed by atoms with Crippen LogP contribution < -0.4 is 0 Å². The van der Waals surface area contributed by atoms with Crippen molar-refractivity contribution in [1.82, 2.24) is 9.32 Å². The molecule has 1 saturated heterocycles. The molecular formula is C13H25ClN2O6S. The van der Waals surface area contributed by atoms with Crippen LogP contribution in [0.2, 0.25) is 0 Å². The van der Waals surface area contributed by atoms with E-state index in [1.807, 2.05) is 13.8 Å². The van der Waals surface area contributed by atoms with Gasteiger partial charge in [-0.1, -0.05) is 0 Å². The lowest BCUT2D eigenvalue weighted by Gasteiger charge is -2.21. The first-order valence-corrected chi connectivity index (χ1v) is 9.57. The monoisotopic (exact) mass is 372 g/mol. The van der Waals surface area contributed by atoms with Gasteiger partial charge < -0.3 is 19.5 Å². The van der Waals surface area contributed by atoms with Gasteiger partial charge in [-0.2, -0.15) is 0 Å². The maximum absolute atomic E-state index is 11.9. The van der Waals surface area contributed by atoms with E-state index in [2.05, 4.69) is 0 Å². The van der Waals surface area contributed by atoms with Crippen LogP contribution in [0, 0.1) is 0 Å². The smallest absolute Gasteiger partial charge is 0.335 e. The molecule has 0 aromatic heterocycles. The zero-order valence-electron chi connectivity index (χ0n) is 13.5. The van der Waals surface area contributed by atoms with Gasteiger partial charge in [0.1, 0.15) is 0 Å². The Kier molecular flexibility index (Phi) is 8.02. The van der Waals surface area contributed by atoms with Crippen LogP contribution in [-0.4, -0.2) is 92.0 Å². The zero-order chi connectivity index (χ0) is 17.5. The molecule has 1 fully saturated rings. The van der Waals surface area contributed by atoms with Crippen LogP contribution in [0.3, 0.4) is 0 Å². The van der Waals surface area contributed by atoms with Gasteiger partial charge in [-0.25, -0.2) is 17.6 Å². The fourth-order valence-electron chi connectivity index (χ4n) is 2.08. The van der Waals surface area contributed by atoms with E-state index in [0.717, 1.165) is 4.42 Å². The van der Waals surface area contributed by atoms with Gasteiger partial charge in [0.2, 0.25) is 0 Å². The number of amides is 2. The van der Waals surface area contributed by atoms with Crippen LogP contribution >= 0.6 is 11.8 Å². The van der Waals surface area contributed by atoms with Gasteiger partial charge in [0, 0.05) is 24.9 Å². The maximum atomic E-state index is 11.9. The maximum Gasteiger partial charge on any atom is 0.335 e. The van der Waals surface area contributed by atoms with Crippen LogP contribution in [0.15, 0.2) is 0 Å². The number of hydrogen-bond donors (Lipinski definition) is 1. The number of hydrogen-bond acceptors (Lipinski definition) is 6. The number of halogens is 1. The molecule has 0 aromatic carbocycles. The first kappa shape index (κ1) is 20.4. The van der Waals surface area contributed by atoms with Crippen molar-refractivity contribution < 1.29 is 27.8 Å². The molecule has 23 heavy (non-hydrogen) atoms. The molecule has 1 heterocycles. The predicted molar refractivity (Wildman–Crippen MR) is 86.1 cm³/mol. The highest BCUT2D eigenvalue weighted by Crippen LogP contribution is 2.27. The summed E-state index contributed by atoms with van der Waals surface area (Å²) in [6, 6.07) is -0.371. The summed E-state index contributed by atoms with van der Waals surface area (Å²) >= 11 is 5.90. The molecular weight excluding hydrogens is 348 g/mol. The summed E-state index contributed by atoms with van der Waals surface area (Å²) in [5.74, 6) is -0.229. The van der Waals surface area contributed by atoms with Gasteiger partial charge in [-0.05, 0) is 13.8 Å². The molecule has 0 atom stereocenters. The van der Waals surface area contributed by atoms with Gasteiger partial charge in [0.05, 0.1) is 50.1 Å². The molecule has 0 aliphatic carbocycles. The Morgan fingerprint density at radius 2 is 1.78 bits per heavy atom. The van der Waals surface area contributed by atoms with Crippen molar-refractivity contribution in [1.29, 1.82) is 0 Å². The molecule has 0 unspecified atom stereocenters.